The maximum Gasteiger partial charge on any atom is 0.409 e. The molecule has 1 heterocycles. The summed E-state index contributed by atoms with van der Waals surface area (Å²) in [7, 11) is 0. The standard InChI is InChI=1S/C15H21N3O3S/c1-2-21-15(20)18-8-6-17(7-9-18)14(19)11-22-13-5-3-4-12(16)10-13/h3-5,10H,2,6-9,11,16H2,1H3. The van der Waals surface area contributed by atoms with Crippen molar-refractivity contribution in [2.45, 2.75) is 11.8 Å². The number of anilines is 1. The van der Waals surface area contributed by atoms with Gasteiger partial charge in [-0.3, -0.25) is 4.79 Å². The Labute approximate surface area is 134 Å². The highest BCUT2D eigenvalue weighted by molar-refractivity contribution is 8.00. The minimum absolute atomic E-state index is 0.0796. The quantitative estimate of drug-likeness (QED) is 0.674. The molecule has 7 heteroatoms. The number of benzene rings is 1. The van der Waals surface area contributed by atoms with Crippen LogP contribution >= 0.6 is 11.8 Å². The van der Waals surface area contributed by atoms with Crippen molar-refractivity contribution in [3.63, 3.8) is 0 Å². The van der Waals surface area contributed by atoms with Gasteiger partial charge in [-0.05, 0) is 25.1 Å². The molecule has 1 aromatic carbocycles. The van der Waals surface area contributed by atoms with E-state index in [-0.39, 0.29) is 12.0 Å². The van der Waals surface area contributed by atoms with Crippen molar-refractivity contribution in [2.24, 2.45) is 0 Å². The van der Waals surface area contributed by atoms with E-state index in [1.807, 2.05) is 24.3 Å². The molecular weight excluding hydrogens is 302 g/mol. The summed E-state index contributed by atoms with van der Waals surface area (Å²) in [5, 5.41) is 0. The van der Waals surface area contributed by atoms with E-state index < -0.39 is 0 Å². The van der Waals surface area contributed by atoms with Gasteiger partial charge in [-0.15, -0.1) is 11.8 Å². The summed E-state index contributed by atoms with van der Waals surface area (Å²) in [4.78, 5) is 28.2. The fraction of sp³-hybridized carbons (Fsp3) is 0.467. The van der Waals surface area contributed by atoms with Gasteiger partial charge in [-0.1, -0.05) is 6.07 Å². The number of carbonyl (C=O) groups is 2. The molecule has 0 bridgehead atoms. The number of ether oxygens (including phenoxy) is 1. The molecule has 0 spiro atoms. The third kappa shape index (κ3) is 4.56. The van der Waals surface area contributed by atoms with E-state index in [2.05, 4.69) is 0 Å². The van der Waals surface area contributed by atoms with Crippen LogP contribution in [-0.4, -0.2) is 60.3 Å². The van der Waals surface area contributed by atoms with E-state index in [1.165, 1.54) is 11.8 Å². The number of thioether (sulfide) groups is 1. The summed E-state index contributed by atoms with van der Waals surface area (Å²) in [6, 6.07) is 7.49. The van der Waals surface area contributed by atoms with Gasteiger partial charge in [0, 0.05) is 36.8 Å². The van der Waals surface area contributed by atoms with Crippen molar-refractivity contribution < 1.29 is 14.3 Å². The van der Waals surface area contributed by atoms with Gasteiger partial charge in [-0.25, -0.2) is 4.79 Å². The minimum Gasteiger partial charge on any atom is -0.450 e. The normalized spacial score (nSPS) is 14.8. The third-order valence-corrected chi connectivity index (χ3v) is 4.36. The molecule has 6 nitrogen and oxygen atoms in total. The van der Waals surface area contributed by atoms with Crippen LogP contribution in [0.15, 0.2) is 29.2 Å². The van der Waals surface area contributed by atoms with Gasteiger partial charge in [0.25, 0.3) is 0 Å². The van der Waals surface area contributed by atoms with E-state index in [1.54, 1.807) is 16.7 Å². The zero-order valence-corrected chi connectivity index (χ0v) is 13.5. The van der Waals surface area contributed by atoms with Gasteiger partial charge in [0.15, 0.2) is 0 Å². The average Bonchev–Trinajstić information content (AvgIpc) is 2.53. The highest BCUT2D eigenvalue weighted by Crippen LogP contribution is 2.20. The Hall–Kier alpha value is -1.89. The molecule has 22 heavy (non-hydrogen) atoms. The summed E-state index contributed by atoms with van der Waals surface area (Å²) >= 11 is 1.48. The first-order valence-corrected chi connectivity index (χ1v) is 8.26. The van der Waals surface area contributed by atoms with Crippen LogP contribution in [0.5, 0.6) is 0 Å². The van der Waals surface area contributed by atoms with Crippen molar-refractivity contribution in [1.29, 1.82) is 0 Å². The number of rotatable bonds is 4. The molecule has 1 saturated heterocycles. The van der Waals surface area contributed by atoms with Crippen LogP contribution in [-0.2, 0) is 9.53 Å². The van der Waals surface area contributed by atoms with E-state index >= 15 is 0 Å². The number of nitrogens with zero attached hydrogens (tertiary/aromatic N) is 2. The lowest BCUT2D eigenvalue weighted by atomic mass is 10.3. The van der Waals surface area contributed by atoms with E-state index in [0.717, 1.165) is 4.90 Å². The van der Waals surface area contributed by atoms with Crippen LogP contribution < -0.4 is 5.73 Å². The second-order valence-electron chi connectivity index (χ2n) is 4.93. The molecule has 0 radical (unpaired) electrons. The van der Waals surface area contributed by atoms with E-state index in [9.17, 15) is 9.59 Å². The second kappa shape index (κ2) is 7.93. The lowest BCUT2D eigenvalue weighted by Gasteiger charge is -2.34. The summed E-state index contributed by atoms with van der Waals surface area (Å²) in [5.41, 5.74) is 6.41. The summed E-state index contributed by atoms with van der Waals surface area (Å²) in [5.74, 6) is 0.457. The monoisotopic (exact) mass is 323 g/mol. The fourth-order valence-electron chi connectivity index (χ4n) is 2.19. The summed E-state index contributed by atoms with van der Waals surface area (Å²) in [6.45, 7) is 4.30. The molecule has 0 saturated carbocycles. The largest absolute Gasteiger partial charge is 0.450 e. The van der Waals surface area contributed by atoms with Crippen LogP contribution in [0.3, 0.4) is 0 Å². The van der Waals surface area contributed by atoms with E-state index in [0.29, 0.717) is 44.2 Å². The Morgan fingerprint density at radius 1 is 1.23 bits per heavy atom. The lowest BCUT2D eigenvalue weighted by Crippen LogP contribution is -2.51. The average molecular weight is 323 g/mol. The molecule has 1 aromatic rings. The van der Waals surface area contributed by atoms with Gasteiger partial charge in [0.1, 0.15) is 0 Å². The third-order valence-electron chi connectivity index (χ3n) is 3.38. The smallest absolute Gasteiger partial charge is 0.409 e. The summed E-state index contributed by atoms with van der Waals surface area (Å²) < 4.78 is 4.96. The van der Waals surface area contributed by atoms with Crippen molar-refractivity contribution in [3.8, 4) is 0 Å². The number of hydrogen-bond acceptors (Lipinski definition) is 5. The predicted molar refractivity (Wildman–Crippen MR) is 86.8 cm³/mol. The van der Waals surface area contributed by atoms with Crippen LogP contribution in [0.2, 0.25) is 0 Å². The fourth-order valence-corrected chi connectivity index (χ4v) is 3.06. The number of amides is 2. The second-order valence-corrected chi connectivity index (χ2v) is 5.98. The Morgan fingerprint density at radius 2 is 1.91 bits per heavy atom. The maximum absolute atomic E-state index is 12.2. The molecule has 0 atom stereocenters. The van der Waals surface area contributed by atoms with Crippen LogP contribution in [0, 0.1) is 0 Å². The number of carbonyl (C=O) groups excluding carboxylic acids is 2. The molecule has 1 aliphatic rings. The van der Waals surface area contributed by atoms with Crippen molar-refractivity contribution >= 4 is 29.4 Å². The van der Waals surface area contributed by atoms with Crippen LogP contribution in [0.4, 0.5) is 10.5 Å². The first kappa shape index (κ1) is 16.5. The SMILES string of the molecule is CCOC(=O)N1CCN(C(=O)CSc2cccc(N)c2)CC1. The number of hydrogen-bond donors (Lipinski definition) is 1. The molecule has 0 unspecified atom stereocenters. The number of piperazine rings is 1. The number of nitrogens with two attached hydrogens (primary N) is 1. The van der Waals surface area contributed by atoms with Gasteiger partial charge in [0.2, 0.25) is 5.91 Å². The Balaban J connectivity index is 1.76. The molecule has 0 aromatic heterocycles. The number of nitrogen functional groups attached to an aromatic ring is 1. The highest BCUT2D eigenvalue weighted by atomic mass is 32.2. The van der Waals surface area contributed by atoms with Gasteiger partial charge in [0.05, 0.1) is 12.4 Å². The highest BCUT2D eigenvalue weighted by Gasteiger charge is 2.24. The van der Waals surface area contributed by atoms with E-state index in [4.69, 9.17) is 10.5 Å². The van der Waals surface area contributed by atoms with Crippen molar-refractivity contribution in [3.05, 3.63) is 24.3 Å². The zero-order valence-electron chi connectivity index (χ0n) is 12.7. The lowest BCUT2D eigenvalue weighted by molar-refractivity contribution is -0.129. The Morgan fingerprint density at radius 3 is 2.55 bits per heavy atom. The predicted octanol–water partition coefficient (Wildman–Crippen LogP) is 1.66. The van der Waals surface area contributed by atoms with Gasteiger partial charge >= 0.3 is 6.09 Å². The molecule has 1 aliphatic heterocycles. The van der Waals surface area contributed by atoms with Gasteiger partial charge in [-0.2, -0.15) is 0 Å². The minimum atomic E-state index is -0.302. The molecule has 0 aliphatic carbocycles. The van der Waals surface area contributed by atoms with Crippen molar-refractivity contribution in [2.75, 3.05) is 44.3 Å². The maximum atomic E-state index is 12.2. The molecule has 2 amide bonds. The van der Waals surface area contributed by atoms with Crippen LogP contribution in [0.25, 0.3) is 0 Å². The van der Waals surface area contributed by atoms with Crippen molar-refractivity contribution in [1.82, 2.24) is 9.80 Å². The Bertz CT molecular complexity index is 531. The topological polar surface area (TPSA) is 75.9 Å². The van der Waals surface area contributed by atoms with Gasteiger partial charge < -0.3 is 20.3 Å². The zero-order chi connectivity index (χ0) is 15.9. The molecule has 120 valence electrons. The summed E-state index contributed by atoms with van der Waals surface area (Å²) in [6.07, 6.45) is -0.302. The van der Waals surface area contributed by atoms with Crippen LogP contribution in [0.1, 0.15) is 6.92 Å². The molecular formula is C15H21N3O3S. The first-order valence-electron chi connectivity index (χ1n) is 7.28. The molecule has 2 rings (SSSR count). The Kier molecular flexibility index (Phi) is 5.94. The molecule has 2 N–H and O–H groups in total. The first-order chi connectivity index (χ1) is 10.6. The molecule has 1 fully saturated rings.